The van der Waals surface area contributed by atoms with Crippen molar-refractivity contribution in [2.45, 2.75) is 0 Å². The van der Waals surface area contributed by atoms with Gasteiger partial charge in [0.05, 0.1) is 16.7 Å². The molecule has 0 aliphatic carbocycles. The largest absolute Gasteiger partial charge is 0.457 e. The van der Waals surface area contributed by atoms with Crippen molar-refractivity contribution in [1.29, 1.82) is 0 Å². The van der Waals surface area contributed by atoms with Gasteiger partial charge in [-0.2, -0.15) is 0 Å². The lowest BCUT2D eigenvalue weighted by Crippen LogP contribution is -2.24. The normalized spacial score (nSPS) is 12.3. The Balaban J connectivity index is 1.15. The number of hydrogen-bond acceptors (Lipinski definition) is 3. The van der Waals surface area contributed by atoms with Gasteiger partial charge >= 0.3 is 0 Å². The molecule has 0 spiro atoms. The van der Waals surface area contributed by atoms with Crippen LogP contribution in [0.2, 0.25) is 0 Å². The van der Waals surface area contributed by atoms with Crippen molar-refractivity contribution >= 4 is 56.4 Å². The van der Waals surface area contributed by atoms with Gasteiger partial charge in [0.1, 0.15) is 17.3 Å². The van der Waals surface area contributed by atoms with E-state index in [1.165, 1.54) is 5.56 Å². The number of fused-ring (bicyclic) bond motifs is 8. The molecular formula is C49H33N2O2P. The highest BCUT2D eigenvalue weighted by Gasteiger charge is 2.30. The summed E-state index contributed by atoms with van der Waals surface area (Å²) < 4.78 is 24.1. The van der Waals surface area contributed by atoms with Gasteiger partial charge in [0, 0.05) is 43.9 Å². The SMILES string of the molecule is O=P(c1ccccc1)(c1ccccc1)c1cccc(Oc2ccc3c4ccccc4n(C4=Nc5ccccc5-c5ccccc5-c5ccccc54)c3c2)c1. The highest BCUT2D eigenvalue weighted by Crippen LogP contribution is 2.45. The Morgan fingerprint density at radius 1 is 0.407 bits per heavy atom. The third kappa shape index (κ3) is 5.23. The van der Waals surface area contributed by atoms with Gasteiger partial charge in [-0.1, -0.05) is 158 Å². The predicted molar refractivity (Wildman–Crippen MR) is 224 cm³/mol. The van der Waals surface area contributed by atoms with Gasteiger partial charge in [0.25, 0.3) is 0 Å². The molecule has 1 aliphatic rings. The summed E-state index contributed by atoms with van der Waals surface area (Å²) >= 11 is 0. The number of rotatable bonds is 5. The molecule has 1 aromatic heterocycles. The van der Waals surface area contributed by atoms with E-state index in [1.54, 1.807) is 0 Å². The van der Waals surface area contributed by atoms with Crippen LogP contribution in [-0.2, 0) is 4.57 Å². The molecule has 0 saturated carbocycles. The van der Waals surface area contributed by atoms with Gasteiger partial charge in [-0.05, 0) is 53.1 Å². The van der Waals surface area contributed by atoms with Gasteiger partial charge < -0.3 is 9.30 Å². The molecule has 256 valence electrons. The average molecular weight is 713 g/mol. The summed E-state index contributed by atoms with van der Waals surface area (Å²) in [6.07, 6.45) is 0. The summed E-state index contributed by atoms with van der Waals surface area (Å²) in [5, 5.41) is 4.50. The monoisotopic (exact) mass is 712 g/mol. The molecule has 0 amide bonds. The van der Waals surface area contributed by atoms with Crippen molar-refractivity contribution in [1.82, 2.24) is 4.57 Å². The van der Waals surface area contributed by atoms with Crippen LogP contribution >= 0.6 is 7.14 Å². The minimum atomic E-state index is -3.18. The Morgan fingerprint density at radius 2 is 0.926 bits per heavy atom. The molecule has 0 saturated heterocycles. The van der Waals surface area contributed by atoms with E-state index >= 15 is 4.57 Å². The molecule has 0 N–H and O–H groups in total. The van der Waals surface area contributed by atoms with Gasteiger partial charge in [0.15, 0.2) is 7.14 Å². The minimum Gasteiger partial charge on any atom is -0.457 e. The number of aromatic nitrogens is 1. The second kappa shape index (κ2) is 13.0. The summed E-state index contributed by atoms with van der Waals surface area (Å²) in [6.45, 7) is 0. The smallest absolute Gasteiger partial charge is 0.171 e. The molecule has 0 radical (unpaired) electrons. The molecule has 9 aromatic rings. The Labute approximate surface area is 313 Å². The summed E-state index contributed by atoms with van der Waals surface area (Å²) in [5.74, 6) is 2.12. The molecule has 1 aliphatic heterocycles. The average Bonchev–Trinajstić information content (AvgIpc) is 3.56. The number of hydrogen-bond donors (Lipinski definition) is 0. The first-order valence-electron chi connectivity index (χ1n) is 18.1. The van der Waals surface area contributed by atoms with E-state index in [-0.39, 0.29) is 0 Å². The maximum Gasteiger partial charge on any atom is 0.171 e. The Morgan fingerprint density at radius 3 is 1.65 bits per heavy atom. The van der Waals surface area contributed by atoms with E-state index in [2.05, 4.69) is 114 Å². The Bertz CT molecular complexity index is 2900. The second-order valence-corrected chi connectivity index (χ2v) is 16.2. The molecule has 0 fully saturated rings. The summed E-state index contributed by atoms with van der Waals surface area (Å²) in [6, 6.07) is 67.4. The number of nitrogens with zero attached hydrogens (tertiary/aromatic N) is 2. The number of aliphatic imine (C=N–C) groups is 1. The first kappa shape index (κ1) is 32.0. The zero-order valence-corrected chi connectivity index (χ0v) is 30.1. The quantitative estimate of drug-likeness (QED) is 0.167. The van der Waals surface area contributed by atoms with E-state index in [1.807, 2.05) is 91.0 Å². The van der Waals surface area contributed by atoms with Crippen LogP contribution in [0.3, 0.4) is 0 Å². The Kier molecular flexibility index (Phi) is 7.71. The maximum atomic E-state index is 15.2. The van der Waals surface area contributed by atoms with E-state index < -0.39 is 7.14 Å². The van der Waals surface area contributed by atoms with E-state index in [0.29, 0.717) is 16.8 Å². The molecule has 0 bridgehead atoms. The van der Waals surface area contributed by atoms with Crippen LogP contribution in [0.1, 0.15) is 5.56 Å². The van der Waals surface area contributed by atoms with Crippen molar-refractivity contribution in [2.75, 3.05) is 0 Å². The highest BCUT2D eigenvalue weighted by molar-refractivity contribution is 7.85. The Hall–Kier alpha value is -6.74. The van der Waals surface area contributed by atoms with Crippen molar-refractivity contribution in [3.05, 3.63) is 206 Å². The van der Waals surface area contributed by atoms with Gasteiger partial charge in [-0.25, -0.2) is 4.99 Å². The second-order valence-electron chi connectivity index (χ2n) is 13.5. The number of para-hydroxylation sites is 2. The third-order valence-electron chi connectivity index (χ3n) is 10.3. The van der Waals surface area contributed by atoms with E-state index in [0.717, 1.165) is 66.2 Å². The summed E-state index contributed by atoms with van der Waals surface area (Å²) in [7, 11) is -3.18. The van der Waals surface area contributed by atoms with Crippen LogP contribution in [0, 0.1) is 0 Å². The molecule has 54 heavy (non-hydrogen) atoms. The number of benzene rings is 8. The lowest BCUT2D eigenvalue weighted by Gasteiger charge is -2.22. The lowest BCUT2D eigenvalue weighted by atomic mass is 9.89. The van der Waals surface area contributed by atoms with E-state index in [4.69, 9.17) is 9.73 Å². The zero-order valence-electron chi connectivity index (χ0n) is 29.2. The van der Waals surface area contributed by atoms with Crippen LogP contribution in [0.4, 0.5) is 5.69 Å². The van der Waals surface area contributed by atoms with Crippen LogP contribution in [-0.4, -0.2) is 10.4 Å². The van der Waals surface area contributed by atoms with Crippen molar-refractivity contribution in [2.24, 2.45) is 4.99 Å². The predicted octanol–water partition coefficient (Wildman–Crippen LogP) is 11.5. The van der Waals surface area contributed by atoms with Crippen LogP contribution in [0.15, 0.2) is 205 Å². The fourth-order valence-corrected chi connectivity index (χ4v) is 10.5. The van der Waals surface area contributed by atoms with E-state index in [9.17, 15) is 0 Å². The maximum absolute atomic E-state index is 15.2. The summed E-state index contributed by atoms with van der Waals surface area (Å²) in [4.78, 5) is 5.50. The molecule has 10 rings (SSSR count). The van der Waals surface area contributed by atoms with Gasteiger partial charge in [0.2, 0.25) is 0 Å². The highest BCUT2D eigenvalue weighted by atomic mass is 31.2. The molecule has 2 heterocycles. The van der Waals surface area contributed by atoms with Crippen molar-refractivity contribution in [3.63, 3.8) is 0 Å². The fourth-order valence-electron chi connectivity index (χ4n) is 7.85. The first-order chi connectivity index (χ1) is 26.7. The fraction of sp³-hybridized carbons (Fsp3) is 0. The van der Waals surface area contributed by atoms with Gasteiger partial charge in [-0.3, -0.25) is 4.57 Å². The molecule has 0 unspecified atom stereocenters. The number of ether oxygens (including phenoxy) is 1. The van der Waals surface area contributed by atoms with Gasteiger partial charge in [-0.15, -0.1) is 0 Å². The van der Waals surface area contributed by atoms with Crippen LogP contribution in [0.25, 0.3) is 44.1 Å². The topological polar surface area (TPSA) is 43.6 Å². The summed E-state index contributed by atoms with van der Waals surface area (Å²) in [5.41, 5.74) is 8.52. The molecule has 8 aromatic carbocycles. The lowest BCUT2D eigenvalue weighted by molar-refractivity contribution is 0.483. The first-order valence-corrected chi connectivity index (χ1v) is 19.8. The van der Waals surface area contributed by atoms with Crippen LogP contribution in [0.5, 0.6) is 11.5 Å². The van der Waals surface area contributed by atoms with Crippen molar-refractivity contribution < 1.29 is 9.30 Å². The minimum absolute atomic E-state index is 0.612. The zero-order chi connectivity index (χ0) is 36.1. The molecule has 4 nitrogen and oxygen atoms in total. The standard InChI is InChI=1S/C49H33N2O2P/c52-54(36-17-3-1-4-18-36,37-19-5-2-6-20-37)38-21-15-16-34(32-38)53-35-30-31-44-43-26-12-14-29-47(43)51(48(44)33-35)49-45-27-10-9-24-41(45)39-22-7-8-23-40(39)42-25-11-13-28-46(42)50-49/h1-33H. The molecule has 0 atom stereocenters. The third-order valence-corrected chi connectivity index (χ3v) is 13.4. The molecule has 5 heteroatoms. The van der Waals surface area contributed by atoms with Crippen molar-refractivity contribution in [3.8, 4) is 33.8 Å². The molecular weight excluding hydrogens is 680 g/mol. The van der Waals surface area contributed by atoms with Crippen LogP contribution < -0.4 is 20.7 Å².